The van der Waals surface area contributed by atoms with E-state index in [0.29, 0.717) is 36.9 Å². The molecule has 4 heteroatoms. The molecule has 2 N–H and O–H groups in total. The molecule has 1 aliphatic rings. The van der Waals surface area contributed by atoms with Crippen LogP contribution in [0, 0.1) is 0 Å². The van der Waals surface area contributed by atoms with Gasteiger partial charge in [0.05, 0.1) is 12.2 Å². The predicted octanol–water partition coefficient (Wildman–Crippen LogP) is 0.486. The van der Waals surface area contributed by atoms with Crippen LogP contribution in [0.1, 0.15) is 20.3 Å². The standard InChI is InChI=1S/C10H18N2O2/c1-4-14-10(13)8-5-7(2)12(3)6-9(8)11/h7H,4-6,11H2,1-3H3. The minimum absolute atomic E-state index is 0.259. The van der Waals surface area contributed by atoms with Crippen LogP contribution in [0.2, 0.25) is 0 Å². The smallest absolute Gasteiger partial charge is 0.335 e. The number of carbonyl (C=O) groups is 1. The summed E-state index contributed by atoms with van der Waals surface area (Å²) >= 11 is 0. The van der Waals surface area contributed by atoms with Gasteiger partial charge >= 0.3 is 5.97 Å². The van der Waals surface area contributed by atoms with Crippen molar-refractivity contribution >= 4 is 5.97 Å². The van der Waals surface area contributed by atoms with Gasteiger partial charge in [0.15, 0.2) is 0 Å². The highest BCUT2D eigenvalue weighted by molar-refractivity contribution is 5.89. The Kier molecular flexibility index (Phi) is 3.52. The lowest BCUT2D eigenvalue weighted by Gasteiger charge is -2.31. The molecule has 0 amide bonds. The summed E-state index contributed by atoms with van der Waals surface area (Å²) in [6, 6.07) is 0.349. The van der Waals surface area contributed by atoms with E-state index in [2.05, 4.69) is 11.8 Å². The van der Waals surface area contributed by atoms with Gasteiger partial charge in [-0.1, -0.05) is 0 Å². The van der Waals surface area contributed by atoms with Crippen molar-refractivity contribution in [2.75, 3.05) is 20.2 Å². The van der Waals surface area contributed by atoms with Gasteiger partial charge in [-0.2, -0.15) is 0 Å². The largest absolute Gasteiger partial charge is 0.463 e. The number of ether oxygens (including phenoxy) is 1. The van der Waals surface area contributed by atoms with Crippen LogP contribution < -0.4 is 5.73 Å². The first-order chi connectivity index (χ1) is 6.56. The molecule has 1 aliphatic heterocycles. The summed E-state index contributed by atoms with van der Waals surface area (Å²) in [5.74, 6) is -0.259. The second kappa shape index (κ2) is 4.46. The van der Waals surface area contributed by atoms with Gasteiger partial charge < -0.3 is 10.5 Å². The van der Waals surface area contributed by atoms with E-state index in [1.807, 2.05) is 7.05 Å². The first-order valence-corrected chi connectivity index (χ1v) is 4.91. The Morgan fingerprint density at radius 3 is 2.93 bits per heavy atom. The maximum Gasteiger partial charge on any atom is 0.335 e. The van der Waals surface area contributed by atoms with Gasteiger partial charge in [0.1, 0.15) is 0 Å². The lowest BCUT2D eigenvalue weighted by atomic mass is 10.00. The van der Waals surface area contributed by atoms with Crippen LogP contribution >= 0.6 is 0 Å². The Balaban J connectivity index is 2.76. The molecule has 1 unspecified atom stereocenters. The molecule has 1 rings (SSSR count). The zero-order valence-electron chi connectivity index (χ0n) is 9.04. The maximum absolute atomic E-state index is 11.5. The highest BCUT2D eigenvalue weighted by Gasteiger charge is 2.25. The summed E-state index contributed by atoms with van der Waals surface area (Å²) in [7, 11) is 2.00. The van der Waals surface area contributed by atoms with E-state index in [-0.39, 0.29) is 5.97 Å². The molecule has 0 aliphatic carbocycles. The van der Waals surface area contributed by atoms with Crippen LogP contribution in [-0.2, 0) is 9.53 Å². The predicted molar refractivity (Wildman–Crippen MR) is 54.6 cm³/mol. The fourth-order valence-corrected chi connectivity index (χ4v) is 1.53. The molecular weight excluding hydrogens is 180 g/mol. The summed E-state index contributed by atoms with van der Waals surface area (Å²) in [4.78, 5) is 13.6. The molecule has 0 spiro atoms. The van der Waals surface area contributed by atoms with Gasteiger partial charge in [-0.05, 0) is 27.3 Å². The lowest BCUT2D eigenvalue weighted by Crippen LogP contribution is -2.39. The van der Waals surface area contributed by atoms with Crippen molar-refractivity contribution in [2.24, 2.45) is 5.73 Å². The van der Waals surface area contributed by atoms with E-state index < -0.39 is 0 Å². The summed E-state index contributed by atoms with van der Waals surface area (Å²) < 4.78 is 4.94. The number of hydrogen-bond donors (Lipinski definition) is 1. The maximum atomic E-state index is 11.5. The number of nitrogens with zero attached hydrogens (tertiary/aromatic N) is 1. The lowest BCUT2D eigenvalue weighted by molar-refractivity contribution is -0.139. The molecule has 0 fully saturated rings. The second-order valence-corrected chi connectivity index (χ2v) is 3.69. The van der Waals surface area contributed by atoms with Crippen LogP contribution in [-0.4, -0.2) is 37.1 Å². The molecule has 1 heterocycles. The molecule has 0 aromatic carbocycles. The average Bonchev–Trinajstić information content (AvgIpc) is 2.11. The number of nitrogens with two attached hydrogens (primary N) is 1. The fraction of sp³-hybridized carbons (Fsp3) is 0.700. The summed E-state index contributed by atoms with van der Waals surface area (Å²) in [6.07, 6.45) is 0.682. The molecular formula is C10H18N2O2. The Labute approximate surface area is 84.7 Å². The second-order valence-electron chi connectivity index (χ2n) is 3.69. The normalized spacial score (nSPS) is 23.8. The quantitative estimate of drug-likeness (QED) is 0.656. The number of carbonyl (C=O) groups excluding carboxylic acids is 1. The fourth-order valence-electron chi connectivity index (χ4n) is 1.53. The molecule has 1 atom stereocenters. The van der Waals surface area contributed by atoms with Gasteiger partial charge in [-0.15, -0.1) is 0 Å². The van der Waals surface area contributed by atoms with Crippen molar-refractivity contribution in [3.8, 4) is 0 Å². The molecule has 0 saturated heterocycles. The van der Waals surface area contributed by atoms with Crippen molar-refractivity contribution in [2.45, 2.75) is 26.3 Å². The Morgan fingerprint density at radius 1 is 1.71 bits per heavy atom. The topological polar surface area (TPSA) is 55.6 Å². The zero-order valence-corrected chi connectivity index (χ0v) is 9.04. The van der Waals surface area contributed by atoms with Crippen LogP contribution in [0.5, 0.6) is 0 Å². The highest BCUT2D eigenvalue weighted by atomic mass is 16.5. The Morgan fingerprint density at radius 2 is 2.36 bits per heavy atom. The SMILES string of the molecule is CCOC(=O)C1=C(N)CN(C)C(C)C1. The van der Waals surface area contributed by atoms with Gasteiger partial charge in [-0.3, -0.25) is 4.90 Å². The van der Waals surface area contributed by atoms with E-state index in [0.717, 1.165) is 0 Å². The molecule has 0 radical (unpaired) electrons. The van der Waals surface area contributed by atoms with E-state index >= 15 is 0 Å². The van der Waals surface area contributed by atoms with Gasteiger partial charge in [0.2, 0.25) is 0 Å². The molecule has 0 aromatic heterocycles. The molecule has 0 saturated carbocycles. The first kappa shape index (κ1) is 11.0. The van der Waals surface area contributed by atoms with E-state index in [9.17, 15) is 4.79 Å². The van der Waals surface area contributed by atoms with Gasteiger partial charge in [0, 0.05) is 18.3 Å². The molecule has 4 nitrogen and oxygen atoms in total. The number of rotatable bonds is 2. The van der Waals surface area contributed by atoms with E-state index in [1.165, 1.54) is 0 Å². The first-order valence-electron chi connectivity index (χ1n) is 4.91. The number of hydrogen-bond acceptors (Lipinski definition) is 4. The van der Waals surface area contributed by atoms with Crippen molar-refractivity contribution < 1.29 is 9.53 Å². The minimum atomic E-state index is -0.259. The van der Waals surface area contributed by atoms with Crippen molar-refractivity contribution in [3.63, 3.8) is 0 Å². The number of likely N-dealkylation sites (N-methyl/N-ethyl adjacent to an activating group) is 1. The monoisotopic (exact) mass is 198 g/mol. The van der Waals surface area contributed by atoms with Gasteiger partial charge in [-0.25, -0.2) is 4.79 Å². The molecule has 14 heavy (non-hydrogen) atoms. The summed E-state index contributed by atoms with van der Waals surface area (Å²) in [6.45, 7) is 4.92. The summed E-state index contributed by atoms with van der Waals surface area (Å²) in [5, 5.41) is 0. The molecule has 0 bridgehead atoms. The van der Waals surface area contributed by atoms with Gasteiger partial charge in [0.25, 0.3) is 0 Å². The third kappa shape index (κ3) is 2.26. The third-order valence-corrected chi connectivity index (χ3v) is 2.58. The molecule has 0 aromatic rings. The van der Waals surface area contributed by atoms with Crippen LogP contribution in [0.15, 0.2) is 11.3 Å². The van der Waals surface area contributed by atoms with E-state index in [1.54, 1.807) is 6.92 Å². The van der Waals surface area contributed by atoms with Crippen molar-refractivity contribution in [1.29, 1.82) is 0 Å². The third-order valence-electron chi connectivity index (χ3n) is 2.58. The van der Waals surface area contributed by atoms with Crippen LogP contribution in [0.25, 0.3) is 0 Å². The van der Waals surface area contributed by atoms with Crippen LogP contribution in [0.3, 0.4) is 0 Å². The highest BCUT2D eigenvalue weighted by Crippen LogP contribution is 2.20. The molecule has 80 valence electrons. The average molecular weight is 198 g/mol. The van der Waals surface area contributed by atoms with E-state index in [4.69, 9.17) is 10.5 Å². The summed E-state index contributed by atoms with van der Waals surface area (Å²) in [5.41, 5.74) is 7.09. The number of esters is 1. The Bertz CT molecular complexity index is 261. The van der Waals surface area contributed by atoms with Crippen molar-refractivity contribution in [3.05, 3.63) is 11.3 Å². The van der Waals surface area contributed by atoms with Crippen molar-refractivity contribution in [1.82, 2.24) is 4.90 Å². The van der Waals surface area contributed by atoms with Crippen LogP contribution in [0.4, 0.5) is 0 Å². The Hall–Kier alpha value is -1.03. The minimum Gasteiger partial charge on any atom is -0.463 e. The zero-order chi connectivity index (χ0) is 10.7.